The molecule has 2 aromatic rings. The molecular weight excluding hydrogens is 382 g/mol. The van der Waals surface area contributed by atoms with Gasteiger partial charge in [0.25, 0.3) is 0 Å². The quantitative estimate of drug-likeness (QED) is 0.650. The van der Waals surface area contributed by atoms with Crippen LogP contribution in [0.25, 0.3) is 0 Å². The monoisotopic (exact) mass is 411 g/mol. The van der Waals surface area contributed by atoms with Crippen LogP contribution in [0.3, 0.4) is 0 Å². The van der Waals surface area contributed by atoms with Gasteiger partial charge in [-0.3, -0.25) is 19.8 Å². The predicted molar refractivity (Wildman–Crippen MR) is 114 cm³/mol. The molecule has 7 heteroatoms. The number of alkyl carbamates (subject to hydrolysis) is 1. The van der Waals surface area contributed by atoms with E-state index in [1.54, 1.807) is 16.7 Å². The molecule has 1 N–H and O–H groups in total. The first-order valence-electron chi connectivity index (χ1n) is 10.1. The van der Waals surface area contributed by atoms with Crippen molar-refractivity contribution in [1.82, 2.24) is 15.1 Å². The number of amides is 3. The number of carbonyl (C=O) groups is 3. The summed E-state index contributed by atoms with van der Waals surface area (Å²) in [6, 6.07) is 19.6. The van der Waals surface area contributed by atoms with E-state index in [0.29, 0.717) is 19.6 Å². The van der Waals surface area contributed by atoms with E-state index in [1.165, 1.54) is 0 Å². The number of likely N-dealkylation sites (N-methyl/N-ethyl adjacent to an activating group) is 1. The Morgan fingerprint density at radius 2 is 1.37 bits per heavy atom. The summed E-state index contributed by atoms with van der Waals surface area (Å²) >= 11 is 0. The molecule has 160 valence electrons. The first kappa shape index (κ1) is 23.1. The number of ether oxygens (including phenoxy) is 1. The Kier molecular flexibility index (Phi) is 9.54. The molecule has 0 spiro atoms. The predicted octanol–water partition coefficient (Wildman–Crippen LogP) is 2.81. The fraction of sp³-hybridized carbons (Fsp3) is 0.348. The lowest BCUT2D eigenvalue weighted by Crippen LogP contribution is -2.45. The van der Waals surface area contributed by atoms with Crippen molar-refractivity contribution in [2.75, 3.05) is 26.2 Å². The third-order valence-corrected chi connectivity index (χ3v) is 4.48. The van der Waals surface area contributed by atoms with Crippen LogP contribution >= 0.6 is 0 Å². The van der Waals surface area contributed by atoms with Gasteiger partial charge in [0.05, 0.1) is 19.7 Å². The van der Waals surface area contributed by atoms with Gasteiger partial charge in [-0.15, -0.1) is 0 Å². The number of imide groups is 1. The van der Waals surface area contributed by atoms with Crippen LogP contribution in [0.5, 0.6) is 0 Å². The minimum absolute atomic E-state index is 0.0639. The molecule has 0 unspecified atom stereocenters. The summed E-state index contributed by atoms with van der Waals surface area (Å²) in [5.74, 6) is -0.589. The summed E-state index contributed by atoms with van der Waals surface area (Å²) in [6.07, 6.45) is -0.778. The summed E-state index contributed by atoms with van der Waals surface area (Å²) in [4.78, 5) is 40.0. The molecule has 0 heterocycles. The fourth-order valence-corrected chi connectivity index (χ4v) is 2.93. The fourth-order valence-electron chi connectivity index (χ4n) is 2.93. The van der Waals surface area contributed by atoms with Gasteiger partial charge in [0.15, 0.2) is 0 Å². The molecule has 7 nitrogen and oxygen atoms in total. The summed E-state index contributed by atoms with van der Waals surface area (Å²) in [5.41, 5.74) is 2.06. The maximum Gasteiger partial charge on any atom is 0.413 e. The third-order valence-electron chi connectivity index (χ3n) is 4.48. The third kappa shape index (κ3) is 8.05. The van der Waals surface area contributed by atoms with Crippen LogP contribution in [0.4, 0.5) is 4.79 Å². The van der Waals surface area contributed by atoms with Crippen molar-refractivity contribution < 1.29 is 19.1 Å². The number of hydrogen-bond acceptors (Lipinski definition) is 5. The molecule has 0 radical (unpaired) electrons. The van der Waals surface area contributed by atoms with Gasteiger partial charge < -0.3 is 9.64 Å². The van der Waals surface area contributed by atoms with Crippen LogP contribution in [0.15, 0.2) is 60.7 Å². The van der Waals surface area contributed by atoms with Crippen molar-refractivity contribution >= 4 is 17.9 Å². The Morgan fingerprint density at radius 3 is 1.83 bits per heavy atom. The summed E-state index contributed by atoms with van der Waals surface area (Å²) < 4.78 is 4.72. The highest BCUT2D eigenvalue weighted by molar-refractivity contribution is 5.93. The van der Waals surface area contributed by atoms with Crippen LogP contribution in [0, 0.1) is 0 Å². The first-order chi connectivity index (χ1) is 14.5. The second-order valence-corrected chi connectivity index (χ2v) is 6.79. The van der Waals surface area contributed by atoms with Crippen molar-refractivity contribution in [3.63, 3.8) is 0 Å². The molecule has 2 rings (SSSR count). The maximum atomic E-state index is 13.1. The molecular formula is C23H29N3O4. The van der Waals surface area contributed by atoms with E-state index in [-0.39, 0.29) is 25.6 Å². The topological polar surface area (TPSA) is 79.0 Å². The van der Waals surface area contributed by atoms with E-state index in [2.05, 4.69) is 5.32 Å². The van der Waals surface area contributed by atoms with E-state index < -0.39 is 12.0 Å². The highest BCUT2D eigenvalue weighted by Crippen LogP contribution is 2.11. The van der Waals surface area contributed by atoms with E-state index in [4.69, 9.17) is 4.74 Å². The minimum atomic E-state index is -0.778. The molecule has 0 atom stereocenters. The van der Waals surface area contributed by atoms with E-state index in [9.17, 15) is 14.4 Å². The van der Waals surface area contributed by atoms with E-state index in [1.807, 2.05) is 67.6 Å². The Labute approximate surface area is 177 Å². The van der Waals surface area contributed by atoms with Crippen LogP contribution < -0.4 is 5.32 Å². The van der Waals surface area contributed by atoms with Crippen LogP contribution in [-0.2, 0) is 27.4 Å². The number of hydrogen-bond donors (Lipinski definition) is 1. The van der Waals surface area contributed by atoms with Gasteiger partial charge in [-0.25, -0.2) is 4.79 Å². The summed E-state index contributed by atoms with van der Waals surface area (Å²) in [5, 5.41) is 2.16. The Morgan fingerprint density at radius 1 is 0.833 bits per heavy atom. The zero-order valence-electron chi connectivity index (χ0n) is 17.5. The van der Waals surface area contributed by atoms with Gasteiger partial charge in [0.2, 0.25) is 11.8 Å². The summed E-state index contributed by atoms with van der Waals surface area (Å²) in [6.45, 7) is 5.16. The van der Waals surface area contributed by atoms with Gasteiger partial charge in [-0.2, -0.15) is 0 Å². The lowest BCUT2D eigenvalue weighted by atomic mass is 10.1. The second kappa shape index (κ2) is 12.4. The standard InChI is InChI=1S/C23H29N3O4/c1-3-25(17-21(27)24-23(29)30-4-2)18-22(28)26(15-19-11-7-5-8-12-19)16-20-13-9-6-10-14-20/h5-14H,3-4,15-18H2,1-2H3,(H,24,27,29). The van der Waals surface area contributed by atoms with Crippen molar-refractivity contribution in [3.8, 4) is 0 Å². The Balaban J connectivity index is 2.03. The lowest BCUT2D eigenvalue weighted by molar-refractivity contribution is -0.134. The zero-order chi connectivity index (χ0) is 21.8. The van der Waals surface area contributed by atoms with Gasteiger partial charge in [0, 0.05) is 13.1 Å². The van der Waals surface area contributed by atoms with Crippen LogP contribution in [0.2, 0.25) is 0 Å². The Bertz CT molecular complexity index is 770. The SMILES string of the molecule is CCOC(=O)NC(=O)CN(CC)CC(=O)N(Cc1ccccc1)Cc1ccccc1. The van der Waals surface area contributed by atoms with Crippen LogP contribution in [0.1, 0.15) is 25.0 Å². The molecule has 0 aromatic heterocycles. The largest absolute Gasteiger partial charge is 0.450 e. The number of carbonyl (C=O) groups excluding carboxylic acids is 3. The number of nitrogens with zero attached hydrogens (tertiary/aromatic N) is 2. The smallest absolute Gasteiger partial charge is 0.413 e. The molecule has 2 aromatic carbocycles. The normalized spacial score (nSPS) is 10.5. The number of nitrogens with one attached hydrogen (secondary N) is 1. The molecule has 3 amide bonds. The first-order valence-corrected chi connectivity index (χ1v) is 10.1. The van der Waals surface area contributed by atoms with Crippen molar-refractivity contribution in [2.24, 2.45) is 0 Å². The molecule has 0 saturated carbocycles. The van der Waals surface area contributed by atoms with Crippen LogP contribution in [-0.4, -0.2) is 53.9 Å². The molecule has 0 aliphatic rings. The van der Waals surface area contributed by atoms with Gasteiger partial charge in [-0.1, -0.05) is 67.6 Å². The lowest BCUT2D eigenvalue weighted by Gasteiger charge is -2.27. The zero-order valence-corrected chi connectivity index (χ0v) is 17.5. The summed E-state index contributed by atoms with van der Waals surface area (Å²) in [7, 11) is 0. The molecule has 0 aliphatic heterocycles. The maximum absolute atomic E-state index is 13.1. The number of rotatable bonds is 10. The van der Waals surface area contributed by atoms with Crippen molar-refractivity contribution in [2.45, 2.75) is 26.9 Å². The van der Waals surface area contributed by atoms with Crippen molar-refractivity contribution in [1.29, 1.82) is 0 Å². The highest BCUT2D eigenvalue weighted by atomic mass is 16.5. The molecule has 0 bridgehead atoms. The molecule has 30 heavy (non-hydrogen) atoms. The minimum Gasteiger partial charge on any atom is -0.450 e. The van der Waals surface area contributed by atoms with Crippen molar-refractivity contribution in [3.05, 3.63) is 71.8 Å². The van der Waals surface area contributed by atoms with E-state index >= 15 is 0 Å². The molecule has 0 fully saturated rings. The Hall–Kier alpha value is -3.19. The second-order valence-electron chi connectivity index (χ2n) is 6.79. The van der Waals surface area contributed by atoms with Gasteiger partial charge >= 0.3 is 6.09 Å². The van der Waals surface area contributed by atoms with Gasteiger partial charge in [0.1, 0.15) is 0 Å². The number of benzene rings is 2. The van der Waals surface area contributed by atoms with Gasteiger partial charge in [-0.05, 0) is 24.6 Å². The average molecular weight is 412 g/mol. The average Bonchev–Trinajstić information content (AvgIpc) is 2.74. The molecule has 0 aliphatic carbocycles. The molecule has 0 saturated heterocycles. The highest BCUT2D eigenvalue weighted by Gasteiger charge is 2.20. The van der Waals surface area contributed by atoms with E-state index in [0.717, 1.165) is 11.1 Å².